The third kappa shape index (κ3) is 2.57. The van der Waals surface area contributed by atoms with E-state index in [0.717, 1.165) is 12.8 Å². The van der Waals surface area contributed by atoms with Crippen molar-refractivity contribution >= 4 is 33.4 Å². The first-order chi connectivity index (χ1) is 10.0. The zero-order valence-corrected chi connectivity index (χ0v) is 13.1. The molecule has 0 bridgehead atoms. The number of nitrogens with zero attached hydrogens (tertiary/aromatic N) is 1. The first kappa shape index (κ1) is 14.5. The van der Waals surface area contributed by atoms with E-state index in [1.54, 1.807) is 17.0 Å². The zero-order chi connectivity index (χ0) is 15.0. The second kappa shape index (κ2) is 5.40. The molecule has 112 valence electrons. The third-order valence-corrected chi connectivity index (χ3v) is 4.88. The Balaban J connectivity index is 1.98. The summed E-state index contributed by atoms with van der Waals surface area (Å²) in [5, 5.41) is 2.91. The van der Waals surface area contributed by atoms with E-state index in [4.69, 9.17) is 0 Å². The lowest BCUT2D eigenvalue weighted by molar-refractivity contribution is -0.129. The highest BCUT2D eigenvalue weighted by Gasteiger charge is 2.46. The van der Waals surface area contributed by atoms with Crippen LogP contribution in [0.25, 0.3) is 0 Å². The molecule has 3 rings (SSSR count). The molecule has 1 saturated carbocycles. The van der Waals surface area contributed by atoms with E-state index in [-0.39, 0.29) is 24.1 Å². The van der Waals surface area contributed by atoms with Crippen molar-refractivity contribution < 1.29 is 14.0 Å². The highest BCUT2D eigenvalue weighted by Crippen LogP contribution is 2.35. The van der Waals surface area contributed by atoms with Crippen LogP contribution in [0.3, 0.4) is 0 Å². The first-order valence-corrected chi connectivity index (χ1v) is 7.89. The van der Waals surface area contributed by atoms with Crippen LogP contribution in [0.15, 0.2) is 22.7 Å². The van der Waals surface area contributed by atoms with Gasteiger partial charge in [-0.2, -0.15) is 0 Å². The van der Waals surface area contributed by atoms with E-state index in [9.17, 15) is 14.0 Å². The molecular weight excluding hydrogens is 339 g/mol. The maximum Gasteiger partial charge on any atom is 0.252 e. The molecule has 1 saturated heterocycles. The molecule has 0 aromatic heterocycles. The molecule has 1 spiro atoms. The van der Waals surface area contributed by atoms with Crippen molar-refractivity contribution in [3.8, 4) is 0 Å². The lowest BCUT2D eigenvalue weighted by Gasteiger charge is -2.31. The van der Waals surface area contributed by atoms with Crippen LogP contribution in [0.5, 0.6) is 0 Å². The Morgan fingerprint density at radius 3 is 2.62 bits per heavy atom. The smallest absolute Gasteiger partial charge is 0.252 e. The van der Waals surface area contributed by atoms with Crippen molar-refractivity contribution in [2.75, 3.05) is 11.4 Å². The third-order valence-electron chi connectivity index (χ3n) is 4.27. The molecule has 0 radical (unpaired) electrons. The van der Waals surface area contributed by atoms with Gasteiger partial charge in [-0.25, -0.2) is 4.39 Å². The van der Waals surface area contributed by atoms with Gasteiger partial charge in [-0.3, -0.25) is 9.59 Å². The van der Waals surface area contributed by atoms with E-state index >= 15 is 0 Å². The molecule has 2 fully saturated rings. The number of halogens is 2. The van der Waals surface area contributed by atoms with Gasteiger partial charge < -0.3 is 10.2 Å². The van der Waals surface area contributed by atoms with Crippen LogP contribution in [0, 0.1) is 5.82 Å². The number of hydrogen-bond donors (Lipinski definition) is 1. The predicted molar refractivity (Wildman–Crippen MR) is 80.4 cm³/mol. The summed E-state index contributed by atoms with van der Waals surface area (Å²) in [6.07, 6.45) is 3.50. The van der Waals surface area contributed by atoms with Gasteiger partial charge in [0, 0.05) is 18.7 Å². The van der Waals surface area contributed by atoms with Crippen molar-refractivity contribution in [3.05, 3.63) is 28.5 Å². The Labute approximate surface area is 130 Å². The molecule has 2 aliphatic rings. The van der Waals surface area contributed by atoms with E-state index in [1.807, 2.05) is 0 Å². The second-order valence-corrected chi connectivity index (χ2v) is 6.50. The van der Waals surface area contributed by atoms with Crippen LogP contribution in [-0.4, -0.2) is 23.9 Å². The first-order valence-electron chi connectivity index (χ1n) is 7.10. The summed E-state index contributed by atoms with van der Waals surface area (Å²) in [7, 11) is 0. The van der Waals surface area contributed by atoms with Gasteiger partial charge in [0.25, 0.3) is 5.91 Å². The molecule has 6 heteroatoms. The Morgan fingerprint density at radius 1 is 1.24 bits per heavy atom. The van der Waals surface area contributed by atoms with Crippen LogP contribution in [-0.2, 0) is 9.59 Å². The summed E-state index contributed by atoms with van der Waals surface area (Å²) in [6.45, 7) is 0.324. The second-order valence-electron chi connectivity index (χ2n) is 5.64. The normalized spacial score (nSPS) is 21.5. The lowest BCUT2D eigenvalue weighted by atomic mass is 9.95. The van der Waals surface area contributed by atoms with Crippen LogP contribution in [0.2, 0.25) is 0 Å². The SMILES string of the molecule is O=C1CCN(c2ccc(F)c(Br)c2)C(=O)C2(CCCC2)N1. The molecule has 4 nitrogen and oxygen atoms in total. The van der Waals surface area contributed by atoms with Crippen LogP contribution < -0.4 is 10.2 Å². The van der Waals surface area contributed by atoms with Crippen LogP contribution in [0.4, 0.5) is 10.1 Å². The maximum atomic E-state index is 13.4. The molecule has 1 aliphatic heterocycles. The van der Waals surface area contributed by atoms with Gasteiger partial charge in [-0.05, 0) is 47.0 Å². The zero-order valence-electron chi connectivity index (χ0n) is 11.5. The Kier molecular flexibility index (Phi) is 3.73. The summed E-state index contributed by atoms with van der Waals surface area (Å²) in [4.78, 5) is 26.4. The van der Waals surface area contributed by atoms with E-state index in [2.05, 4.69) is 21.2 Å². The summed E-state index contributed by atoms with van der Waals surface area (Å²) in [5.41, 5.74) is -0.148. The standard InChI is InChI=1S/C15H16BrFN2O2/c16-11-9-10(3-4-12(11)17)19-8-5-13(20)18-15(14(19)21)6-1-2-7-15/h3-4,9H,1-2,5-8H2,(H,18,20). The predicted octanol–water partition coefficient (Wildman–Crippen LogP) is 2.75. The van der Waals surface area contributed by atoms with E-state index in [1.165, 1.54) is 6.07 Å². The fourth-order valence-corrected chi connectivity index (χ4v) is 3.54. The number of rotatable bonds is 1. The Morgan fingerprint density at radius 2 is 1.95 bits per heavy atom. The van der Waals surface area contributed by atoms with Crippen molar-refractivity contribution in [2.24, 2.45) is 0 Å². The van der Waals surface area contributed by atoms with Crippen molar-refractivity contribution in [1.29, 1.82) is 0 Å². The molecule has 21 heavy (non-hydrogen) atoms. The molecule has 0 atom stereocenters. The monoisotopic (exact) mass is 354 g/mol. The van der Waals surface area contributed by atoms with Gasteiger partial charge in [0.2, 0.25) is 5.91 Å². The number of nitrogens with one attached hydrogen (secondary N) is 1. The quantitative estimate of drug-likeness (QED) is 0.842. The topological polar surface area (TPSA) is 49.4 Å². The molecule has 1 aromatic rings. The minimum Gasteiger partial charge on any atom is -0.342 e. The molecule has 2 amide bonds. The van der Waals surface area contributed by atoms with Gasteiger partial charge in [-0.1, -0.05) is 12.8 Å². The largest absolute Gasteiger partial charge is 0.342 e. The molecular formula is C15H16BrFN2O2. The number of anilines is 1. The maximum absolute atomic E-state index is 13.4. The average Bonchev–Trinajstić information content (AvgIpc) is 2.87. The number of amides is 2. The Bertz CT molecular complexity index is 599. The number of hydrogen-bond acceptors (Lipinski definition) is 2. The minimum absolute atomic E-state index is 0.0793. The number of benzene rings is 1. The summed E-state index contributed by atoms with van der Waals surface area (Å²) in [6, 6.07) is 4.50. The minimum atomic E-state index is -0.769. The molecule has 0 unspecified atom stereocenters. The van der Waals surface area contributed by atoms with Gasteiger partial charge in [-0.15, -0.1) is 0 Å². The highest BCUT2D eigenvalue weighted by atomic mass is 79.9. The summed E-state index contributed by atoms with van der Waals surface area (Å²) in [5.74, 6) is -0.538. The van der Waals surface area contributed by atoms with Crippen LogP contribution >= 0.6 is 15.9 Å². The van der Waals surface area contributed by atoms with E-state index < -0.39 is 5.54 Å². The molecule has 1 aromatic carbocycles. The van der Waals surface area contributed by atoms with E-state index in [0.29, 0.717) is 29.5 Å². The van der Waals surface area contributed by atoms with Crippen LogP contribution in [0.1, 0.15) is 32.1 Å². The number of carbonyl (C=O) groups excluding carboxylic acids is 2. The molecule has 1 N–H and O–H groups in total. The Hall–Kier alpha value is -1.43. The fourth-order valence-electron chi connectivity index (χ4n) is 3.17. The van der Waals surface area contributed by atoms with Crippen molar-refractivity contribution in [3.63, 3.8) is 0 Å². The highest BCUT2D eigenvalue weighted by molar-refractivity contribution is 9.10. The van der Waals surface area contributed by atoms with Gasteiger partial charge in [0.15, 0.2) is 0 Å². The average molecular weight is 355 g/mol. The van der Waals surface area contributed by atoms with Gasteiger partial charge in [0.1, 0.15) is 11.4 Å². The lowest BCUT2D eigenvalue weighted by Crippen LogP contribution is -2.55. The van der Waals surface area contributed by atoms with Crippen molar-refractivity contribution in [2.45, 2.75) is 37.6 Å². The summed E-state index contributed by atoms with van der Waals surface area (Å²) < 4.78 is 13.7. The number of carbonyl (C=O) groups is 2. The molecule has 1 heterocycles. The summed E-state index contributed by atoms with van der Waals surface area (Å²) >= 11 is 3.14. The van der Waals surface area contributed by atoms with Gasteiger partial charge >= 0.3 is 0 Å². The fraction of sp³-hybridized carbons (Fsp3) is 0.467. The van der Waals surface area contributed by atoms with Crippen molar-refractivity contribution in [1.82, 2.24) is 5.32 Å². The van der Waals surface area contributed by atoms with Gasteiger partial charge in [0.05, 0.1) is 4.47 Å². The molecule has 1 aliphatic carbocycles.